The smallest absolute Gasteiger partial charge is 0.241 e. The van der Waals surface area contributed by atoms with E-state index in [0.29, 0.717) is 0 Å². The molecule has 0 bridgehead atoms. The molecule has 0 nitrogen and oxygen atoms in total. The van der Waals surface area contributed by atoms with Crippen LogP contribution < -0.4 is 0 Å². The highest BCUT2D eigenvalue weighted by atomic mass is 19.4. The van der Waals surface area contributed by atoms with E-state index < -0.39 is 54.1 Å². The zero-order valence-corrected chi connectivity index (χ0v) is 12.1. The summed E-state index contributed by atoms with van der Waals surface area (Å²) in [5.41, 5.74) is 0. The molecule has 0 amide bonds. The van der Waals surface area contributed by atoms with Crippen molar-refractivity contribution < 1.29 is 87.8 Å². The second-order valence-electron chi connectivity index (χ2n) is 5.35. The summed E-state index contributed by atoms with van der Waals surface area (Å²) in [5, 5.41) is 0. The minimum atomic E-state index is -10.8. The molecule has 0 aromatic heterocycles. The second kappa shape index (κ2) is 6.33. The van der Waals surface area contributed by atoms with Gasteiger partial charge in [-0.3, -0.25) is 0 Å². The van der Waals surface area contributed by atoms with E-state index in [1.54, 1.807) is 0 Å². The molecule has 0 unspecified atom stereocenters. The maximum absolute atomic E-state index is 13.3. The normalized spacial score (nSPS) is 17.0. The SMILES string of the molecule is FC(F)(F)C(F)(F)[B-](C(F)(F)C(F)(F)F)(C(F)(F)C(F)(F)F)C(F)(F)C(F)(F)F. The van der Waals surface area contributed by atoms with Crippen molar-refractivity contribution in [2.45, 2.75) is 48.0 Å². The van der Waals surface area contributed by atoms with Gasteiger partial charge in [-0.2, -0.15) is 52.7 Å². The first-order valence-electron chi connectivity index (χ1n) is 5.93. The van der Waals surface area contributed by atoms with Crippen LogP contribution in [0.3, 0.4) is 0 Å². The van der Waals surface area contributed by atoms with Crippen LogP contribution in [0, 0.1) is 0 Å². The highest BCUT2D eigenvalue weighted by Crippen LogP contribution is 2.68. The van der Waals surface area contributed by atoms with E-state index in [-0.39, 0.29) is 0 Å². The van der Waals surface area contributed by atoms with E-state index in [4.69, 9.17) is 0 Å². The molecule has 0 radical (unpaired) electrons. The van der Waals surface area contributed by atoms with Gasteiger partial charge in [-0.25, -0.2) is 35.1 Å². The fourth-order valence-corrected chi connectivity index (χ4v) is 2.35. The molecule has 21 heteroatoms. The first-order valence-corrected chi connectivity index (χ1v) is 5.93. The van der Waals surface area contributed by atoms with E-state index in [2.05, 4.69) is 0 Å². The number of rotatable bonds is 4. The lowest BCUT2D eigenvalue weighted by molar-refractivity contribution is -0.331. The third kappa shape index (κ3) is 3.25. The lowest BCUT2D eigenvalue weighted by Gasteiger charge is -2.57. The molecule has 0 rings (SSSR count). The summed E-state index contributed by atoms with van der Waals surface area (Å²) in [6, 6.07) is 0. The summed E-state index contributed by atoms with van der Waals surface area (Å²) in [7, 11) is 0. The predicted octanol–water partition coefficient (Wildman–Crippen LogP) is 6.38. The molecule has 0 fully saturated rings. The van der Waals surface area contributed by atoms with Crippen molar-refractivity contribution in [3.63, 3.8) is 0 Å². The third-order valence-electron chi connectivity index (χ3n) is 3.69. The van der Waals surface area contributed by atoms with Crippen LogP contribution in [0.2, 0.25) is 0 Å². The minimum absolute atomic E-state index is 8.59. The Morgan fingerprint density at radius 2 is 0.345 bits per heavy atom. The van der Waals surface area contributed by atoms with Gasteiger partial charge in [-0.1, -0.05) is 0 Å². The van der Waals surface area contributed by atoms with E-state index in [9.17, 15) is 87.8 Å². The number of alkyl halides is 20. The van der Waals surface area contributed by atoms with Gasteiger partial charge in [0.1, 0.15) is 0 Å². The lowest BCUT2D eigenvalue weighted by Crippen LogP contribution is -2.92. The summed E-state index contributed by atoms with van der Waals surface area (Å²) in [5.74, 6) is -37.1. The molecule has 176 valence electrons. The van der Waals surface area contributed by atoms with Crippen LogP contribution in [0.15, 0.2) is 0 Å². The van der Waals surface area contributed by atoms with Crippen LogP contribution in [-0.4, -0.2) is 54.1 Å². The van der Waals surface area contributed by atoms with Gasteiger partial charge in [-0.05, 0) is 0 Å². The molecule has 0 atom stereocenters. The first kappa shape index (κ1) is 27.7. The molecule has 0 heterocycles. The molecule has 0 aliphatic carbocycles. The number of hydrogen-bond acceptors (Lipinski definition) is 0. The average Bonchev–Trinajstić information content (AvgIpc) is 2.31. The Kier molecular flexibility index (Phi) is 6.04. The summed E-state index contributed by atoms with van der Waals surface area (Å²) >= 11 is 0. The van der Waals surface area contributed by atoms with Crippen molar-refractivity contribution in [3.8, 4) is 0 Å². The Labute approximate surface area is 143 Å². The Morgan fingerprint density at radius 1 is 0.241 bits per heavy atom. The van der Waals surface area contributed by atoms with Crippen molar-refractivity contribution in [1.29, 1.82) is 0 Å². The lowest BCUT2D eigenvalue weighted by atomic mass is 9.10. The third-order valence-corrected chi connectivity index (χ3v) is 3.69. The van der Waals surface area contributed by atoms with Gasteiger partial charge in [0.25, 0.3) is 0 Å². The monoisotopic (exact) mass is 487 g/mol. The van der Waals surface area contributed by atoms with Gasteiger partial charge in [0, 0.05) is 0 Å². The van der Waals surface area contributed by atoms with Crippen molar-refractivity contribution >= 4 is 6.15 Å². The Hall–Kier alpha value is -1.34. The van der Waals surface area contributed by atoms with Gasteiger partial charge >= 0.3 is 30.9 Å². The Balaban J connectivity index is 8.26. The fourth-order valence-electron chi connectivity index (χ4n) is 2.35. The van der Waals surface area contributed by atoms with E-state index in [1.807, 2.05) is 0 Å². The zero-order chi connectivity index (χ0) is 24.5. The average molecular weight is 487 g/mol. The molecule has 0 N–H and O–H groups in total. The van der Waals surface area contributed by atoms with Crippen molar-refractivity contribution in [1.82, 2.24) is 0 Å². The van der Waals surface area contributed by atoms with E-state index >= 15 is 0 Å². The summed E-state index contributed by atoms with van der Waals surface area (Å²) < 4.78 is 253. The Bertz CT molecular complexity index is 486. The molecule has 0 spiro atoms. The molecular weight excluding hydrogens is 487 g/mol. The van der Waals surface area contributed by atoms with E-state index in [0.717, 1.165) is 0 Å². The molecule has 0 aliphatic heterocycles. The summed E-state index contributed by atoms with van der Waals surface area (Å²) in [4.78, 5) is 0. The highest BCUT2D eigenvalue weighted by Gasteiger charge is 3.00. The van der Waals surface area contributed by atoms with E-state index in [1.165, 1.54) is 0 Å². The minimum Gasteiger partial charge on any atom is -0.241 e. The largest absolute Gasteiger partial charge is 0.417 e. The molecule has 0 saturated heterocycles. The van der Waals surface area contributed by atoms with Crippen LogP contribution in [0.4, 0.5) is 87.8 Å². The second-order valence-corrected chi connectivity index (χ2v) is 5.35. The molecular formula is C8BF20-. The van der Waals surface area contributed by atoms with Crippen molar-refractivity contribution in [2.75, 3.05) is 0 Å². The summed E-state index contributed by atoms with van der Waals surface area (Å²) in [6.07, 6.45) is -45.2. The van der Waals surface area contributed by atoms with Gasteiger partial charge < -0.3 is 0 Å². The molecule has 0 aromatic carbocycles. The van der Waals surface area contributed by atoms with Crippen LogP contribution in [0.1, 0.15) is 0 Å². The highest BCUT2D eigenvalue weighted by molar-refractivity contribution is 6.89. The van der Waals surface area contributed by atoms with Crippen LogP contribution in [0.25, 0.3) is 0 Å². The number of hydrogen-bond donors (Lipinski definition) is 0. The fraction of sp³-hybridized carbons (Fsp3) is 1.00. The Morgan fingerprint density at radius 3 is 0.414 bits per heavy atom. The molecule has 29 heavy (non-hydrogen) atoms. The van der Waals surface area contributed by atoms with Crippen LogP contribution >= 0.6 is 0 Å². The van der Waals surface area contributed by atoms with Crippen molar-refractivity contribution in [3.05, 3.63) is 0 Å². The maximum atomic E-state index is 13.3. The van der Waals surface area contributed by atoms with Gasteiger partial charge in [0.15, 0.2) is 0 Å². The molecule has 0 aromatic rings. The first-order chi connectivity index (χ1) is 12.0. The number of halogens is 20. The topological polar surface area (TPSA) is 0 Å². The standard InChI is InChI=1S/C8BF20/c10-1(11,5(18,19)20)9(2(12,13)6(21,22)23,3(14,15)7(24,25)26)4(16,17)8(27,28)29/q-1. The van der Waals surface area contributed by atoms with Gasteiger partial charge in [-0.15, -0.1) is 0 Å². The zero-order valence-electron chi connectivity index (χ0n) is 12.1. The van der Waals surface area contributed by atoms with Gasteiger partial charge in [0.2, 0.25) is 23.3 Å². The van der Waals surface area contributed by atoms with Crippen LogP contribution in [0.5, 0.6) is 0 Å². The summed E-state index contributed by atoms with van der Waals surface area (Å²) in [6.45, 7) is 0. The van der Waals surface area contributed by atoms with Gasteiger partial charge in [0.05, 0.1) is 0 Å². The van der Waals surface area contributed by atoms with Crippen LogP contribution in [-0.2, 0) is 0 Å². The molecule has 0 aliphatic rings. The predicted molar refractivity (Wildman–Crippen MR) is 49.8 cm³/mol. The molecule has 0 saturated carbocycles. The maximum Gasteiger partial charge on any atom is 0.417 e. The quantitative estimate of drug-likeness (QED) is 0.319. The van der Waals surface area contributed by atoms with Crippen molar-refractivity contribution in [2.24, 2.45) is 0 Å².